The van der Waals surface area contributed by atoms with E-state index in [1.54, 1.807) is 0 Å². The lowest BCUT2D eigenvalue weighted by Gasteiger charge is -1.96. The van der Waals surface area contributed by atoms with Gasteiger partial charge in [-0.05, 0) is 0 Å². The summed E-state index contributed by atoms with van der Waals surface area (Å²) in [6.45, 7) is 3.66. The second-order valence-electron chi connectivity index (χ2n) is 1.65. The van der Waals surface area contributed by atoms with E-state index in [0.29, 0.717) is 6.61 Å². The van der Waals surface area contributed by atoms with Crippen molar-refractivity contribution in [3.05, 3.63) is 12.7 Å². The predicted molar refractivity (Wildman–Crippen MR) is 37.4 cm³/mol. The van der Waals surface area contributed by atoms with Gasteiger partial charge in [0.1, 0.15) is 0 Å². The minimum absolute atomic E-state index is 0.00481. The van der Waals surface area contributed by atoms with Crippen molar-refractivity contribution in [1.82, 2.24) is 0 Å². The molecule has 0 saturated heterocycles. The van der Waals surface area contributed by atoms with E-state index >= 15 is 0 Å². The normalized spacial score (nSPS) is 11.3. The molecule has 0 saturated carbocycles. The van der Waals surface area contributed by atoms with E-state index in [1.807, 2.05) is 0 Å². The summed E-state index contributed by atoms with van der Waals surface area (Å²) >= 11 is 0. The van der Waals surface area contributed by atoms with Crippen LogP contribution >= 0.6 is 0 Å². The molecule has 5 heteroatoms. The van der Waals surface area contributed by atoms with Crippen molar-refractivity contribution in [2.75, 3.05) is 19.0 Å². The summed E-state index contributed by atoms with van der Waals surface area (Å²) in [4.78, 5) is 0. The molecule has 0 radical (unpaired) electrons. The van der Waals surface area contributed by atoms with Crippen LogP contribution in [0.2, 0.25) is 0 Å². The molecule has 60 valence electrons. The topological polar surface area (TPSA) is 63.6 Å². The zero-order valence-electron chi connectivity index (χ0n) is 5.49. The largest absolute Gasteiger partial charge is 0.376 e. The Hall–Kier alpha value is -0.390. The van der Waals surface area contributed by atoms with E-state index in [1.165, 1.54) is 6.08 Å². The van der Waals surface area contributed by atoms with Gasteiger partial charge in [0.2, 0.25) is 0 Å². The Morgan fingerprint density at radius 1 is 1.60 bits per heavy atom. The van der Waals surface area contributed by atoms with Gasteiger partial charge >= 0.3 is 0 Å². The molecule has 0 unspecified atom stereocenters. The quantitative estimate of drug-likeness (QED) is 0.357. The SMILES string of the molecule is C=CCOCCS(=O)(=O)O. The van der Waals surface area contributed by atoms with Gasteiger partial charge in [-0.1, -0.05) is 6.08 Å². The van der Waals surface area contributed by atoms with Crippen LogP contribution in [0.1, 0.15) is 0 Å². The molecular weight excluding hydrogens is 156 g/mol. The Labute approximate surface area is 60.3 Å². The Bertz CT molecular complexity index is 182. The third-order valence-electron chi connectivity index (χ3n) is 0.721. The first-order valence-electron chi connectivity index (χ1n) is 2.70. The van der Waals surface area contributed by atoms with Crippen LogP contribution in [0.3, 0.4) is 0 Å². The molecule has 0 aromatic rings. The average Bonchev–Trinajstić information content (AvgIpc) is 1.78. The average molecular weight is 166 g/mol. The summed E-state index contributed by atoms with van der Waals surface area (Å²) in [6, 6.07) is 0. The fraction of sp³-hybridized carbons (Fsp3) is 0.600. The van der Waals surface area contributed by atoms with Gasteiger partial charge in [-0.25, -0.2) is 0 Å². The molecule has 4 nitrogen and oxygen atoms in total. The molecule has 0 aromatic heterocycles. The van der Waals surface area contributed by atoms with Crippen LogP contribution in [0.4, 0.5) is 0 Å². The molecule has 1 N–H and O–H groups in total. The predicted octanol–water partition coefficient (Wildman–Crippen LogP) is 0.0768. The van der Waals surface area contributed by atoms with E-state index in [4.69, 9.17) is 9.29 Å². The standard InChI is InChI=1S/C5H10O4S/c1-2-3-9-4-5-10(6,7)8/h2H,1,3-5H2,(H,6,7,8). The van der Waals surface area contributed by atoms with Crippen LogP contribution in [0.5, 0.6) is 0 Å². The van der Waals surface area contributed by atoms with Gasteiger partial charge in [0.15, 0.2) is 0 Å². The number of hydrogen-bond donors (Lipinski definition) is 1. The van der Waals surface area contributed by atoms with E-state index in [-0.39, 0.29) is 12.4 Å². The lowest BCUT2D eigenvalue weighted by Crippen LogP contribution is -2.10. The van der Waals surface area contributed by atoms with Gasteiger partial charge in [-0.2, -0.15) is 8.42 Å². The molecule has 0 amide bonds. The highest BCUT2D eigenvalue weighted by Crippen LogP contribution is 1.82. The Balaban J connectivity index is 3.29. The maximum atomic E-state index is 10.0. The molecule has 0 aliphatic rings. The number of rotatable bonds is 5. The Morgan fingerprint density at radius 2 is 2.20 bits per heavy atom. The zero-order valence-corrected chi connectivity index (χ0v) is 6.30. The highest BCUT2D eigenvalue weighted by molar-refractivity contribution is 7.85. The summed E-state index contributed by atoms with van der Waals surface area (Å²) in [6.07, 6.45) is 1.50. The molecule has 0 heterocycles. The van der Waals surface area contributed by atoms with Crippen LogP contribution < -0.4 is 0 Å². The number of hydrogen-bond acceptors (Lipinski definition) is 3. The summed E-state index contributed by atoms with van der Waals surface area (Å²) in [7, 11) is -3.86. The Kier molecular flexibility index (Phi) is 4.26. The van der Waals surface area contributed by atoms with Crippen LogP contribution in [0, 0.1) is 0 Å². The van der Waals surface area contributed by atoms with Crippen molar-refractivity contribution in [1.29, 1.82) is 0 Å². The zero-order chi connectivity index (χ0) is 8.04. The third-order valence-corrected chi connectivity index (χ3v) is 1.40. The van der Waals surface area contributed by atoms with Crippen molar-refractivity contribution >= 4 is 10.1 Å². The summed E-state index contributed by atoms with van der Waals surface area (Å²) in [5, 5.41) is 0. The summed E-state index contributed by atoms with van der Waals surface area (Å²) in [5.74, 6) is -0.360. The monoisotopic (exact) mass is 166 g/mol. The van der Waals surface area contributed by atoms with E-state index in [2.05, 4.69) is 6.58 Å². The van der Waals surface area contributed by atoms with Crippen molar-refractivity contribution in [2.45, 2.75) is 0 Å². The van der Waals surface area contributed by atoms with E-state index in [9.17, 15) is 8.42 Å². The van der Waals surface area contributed by atoms with E-state index in [0.717, 1.165) is 0 Å². The van der Waals surface area contributed by atoms with Gasteiger partial charge in [0, 0.05) is 0 Å². The fourth-order valence-electron chi connectivity index (χ4n) is 0.331. The molecule has 0 fully saturated rings. The minimum atomic E-state index is -3.86. The van der Waals surface area contributed by atoms with Crippen molar-refractivity contribution in [3.63, 3.8) is 0 Å². The molecular formula is C5H10O4S. The van der Waals surface area contributed by atoms with Crippen molar-refractivity contribution in [2.24, 2.45) is 0 Å². The summed E-state index contributed by atoms with van der Waals surface area (Å²) < 4.78 is 33.0. The fourth-order valence-corrected chi connectivity index (χ4v) is 0.659. The maximum absolute atomic E-state index is 10.0. The lowest BCUT2D eigenvalue weighted by molar-refractivity contribution is 0.178. The molecule has 0 rings (SSSR count). The van der Waals surface area contributed by atoms with Gasteiger partial charge in [-0.3, -0.25) is 4.55 Å². The smallest absolute Gasteiger partial charge is 0.267 e. The second-order valence-corrected chi connectivity index (χ2v) is 3.22. The molecule has 10 heavy (non-hydrogen) atoms. The lowest BCUT2D eigenvalue weighted by atomic mass is 10.7. The van der Waals surface area contributed by atoms with Crippen LogP contribution in [0.25, 0.3) is 0 Å². The maximum Gasteiger partial charge on any atom is 0.267 e. The molecule has 0 aliphatic heterocycles. The molecule has 0 aromatic carbocycles. The third kappa shape index (κ3) is 7.61. The molecule has 0 spiro atoms. The minimum Gasteiger partial charge on any atom is -0.376 e. The molecule has 0 aliphatic carbocycles. The highest BCUT2D eigenvalue weighted by Gasteiger charge is 2.01. The van der Waals surface area contributed by atoms with Crippen molar-refractivity contribution < 1.29 is 17.7 Å². The van der Waals surface area contributed by atoms with Gasteiger partial charge in [0.25, 0.3) is 10.1 Å². The highest BCUT2D eigenvalue weighted by atomic mass is 32.2. The van der Waals surface area contributed by atoms with Gasteiger partial charge in [-0.15, -0.1) is 6.58 Å². The van der Waals surface area contributed by atoms with Gasteiger partial charge in [0.05, 0.1) is 19.0 Å². The first kappa shape index (κ1) is 9.61. The van der Waals surface area contributed by atoms with Crippen LogP contribution in [-0.2, 0) is 14.9 Å². The summed E-state index contributed by atoms with van der Waals surface area (Å²) in [5.41, 5.74) is 0. The van der Waals surface area contributed by atoms with Crippen LogP contribution in [0.15, 0.2) is 12.7 Å². The molecule has 0 atom stereocenters. The number of ether oxygens (including phenoxy) is 1. The first-order chi connectivity index (χ1) is 4.56. The van der Waals surface area contributed by atoms with E-state index < -0.39 is 10.1 Å². The van der Waals surface area contributed by atoms with Crippen LogP contribution in [-0.4, -0.2) is 31.9 Å². The second kappa shape index (κ2) is 4.43. The van der Waals surface area contributed by atoms with Gasteiger partial charge < -0.3 is 4.74 Å². The van der Waals surface area contributed by atoms with Crippen molar-refractivity contribution in [3.8, 4) is 0 Å². The first-order valence-corrected chi connectivity index (χ1v) is 4.31. The molecule has 0 bridgehead atoms. The Morgan fingerprint density at radius 3 is 2.60 bits per heavy atom.